The molecule has 0 radical (unpaired) electrons. The van der Waals surface area contributed by atoms with Crippen LogP contribution in [0.3, 0.4) is 0 Å². The summed E-state index contributed by atoms with van der Waals surface area (Å²) in [6.45, 7) is 1.93. The third-order valence-corrected chi connectivity index (χ3v) is 4.11. The molecule has 0 bridgehead atoms. The lowest BCUT2D eigenvalue weighted by atomic mass is 10.2. The van der Waals surface area contributed by atoms with E-state index in [1.807, 2.05) is 0 Å². The minimum atomic E-state index is 0. The number of nitrogens with zero attached hydrogens (tertiary/aromatic N) is 2. The van der Waals surface area contributed by atoms with Gasteiger partial charge in [0.1, 0.15) is 0 Å². The molecular formula is C20H18Br2N2. The number of aryl methyl sites for hydroxylation is 2. The number of rotatable bonds is 3. The van der Waals surface area contributed by atoms with Crippen LogP contribution in [0.25, 0.3) is 21.5 Å². The molecule has 0 saturated carbocycles. The minimum Gasteiger partial charge on any atom is -1.00 e. The van der Waals surface area contributed by atoms with Crippen LogP contribution in [-0.2, 0) is 13.1 Å². The number of fused-ring (bicyclic) bond motifs is 2. The van der Waals surface area contributed by atoms with Gasteiger partial charge in [0, 0.05) is 22.9 Å². The minimum absolute atomic E-state index is 0. The summed E-state index contributed by atoms with van der Waals surface area (Å²) >= 11 is 0. The van der Waals surface area contributed by atoms with Crippen molar-refractivity contribution in [1.29, 1.82) is 0 Å². The molecule has 24 heavy (non-hydrogen) atoms. The van der Waals surface area contributed by atoms with Gasteiger partial charge in [-0.05, 0) is 22.9 Å². The molecule has 0 N–H and O–H groups in total. The lowest BCUT2D eigenvalue weighted by Gasteiger charge is -1.99. The van der Waals surface area contributed by atoms with E-state index in [9.17, 15) is 0 Å². The summed E-state index contributed by atoms with van der Waals surface area (Å²) in [4.78, 5) is 0. The average Bonchev–Trinajstić information content (AvgIpc) is 2.59. The van der Waals surface area contributed by atoms with Crippen molar-refractivity contribution >= 4 is 21.5 Å². The maximum Gasteiger partial charge on any atom is 0.206 e. The Morgan fingerprint density at radius 2 is 0.875 bits per heavy atom. The first kappa shape index (κ1) is 18.6. The number of benzene rings is 2. The Labute approximate surface area is 162 Å². The predicted molar refractivity (Wildman–Crippen MR) is 88.3 cm³/mol. The lowest BCUT2D eigenvalue weighted by molar-refractivity contribution is -0.777. The van der Waals surface area contributed by atoms with Crippen molar-refractivity contribution in [2.75, 3.05) is 0 Å². The first-order valence-electron chi connectivity index (χ1n) is 7.64. The van der Waals surface area contributed by atoms with E-state index in [0.717, 1.165) is 13.1 Å². The molecule has 0 amide bonds. The molecule has 0 aliphatic rings. The number of pyridine rings is 2. The second kappa shape index (κ2) is 8.36. The van der Waals surface area contributed by atoms with E-state index in [-0.39, 0.29) is 34.0 Å². The lowest BCUT2D eigenvalue weighted by Crippen LogP contribution is -3.00. The standard InChI is InChI=1S/C20H18N2.2BrH/c1-3-7-19-15-21(11-9-17(19)5-1)13-14-22-12-10-18-6-2-4-8-20(18)16-22;;/h1-12,15-16H,13-14H2;2*1H/q+2;;/p-2. The zero-order valence-electron chi connectivity index (χ0n) is 13.1. The molecule has 2 heterocycles. The van der Waals surface area contributed by atoms with Crippen LogP contribution in [0.1, 0.15) is 0 Å². The molecule has 2 nitrogen and oxygen atoms in total. The van der Waals surface area contributed by atoms with Gasteiger partial charge in [-0.2, -0.15) is 9.13 Å². The van der Waals surface area contributed by atoms with Crippen LogP contribution in [0.5, 0.6) is 0 Å². The topological polar surface area (TPSA) is 7.76 Å². The first-order chi connectivity index (χ1) is 10.9. The number of hydrogen-bond acceptors (Lipinski definition) is 0. The fourth-order valence-corrected chi connectivity index (χ4v) is 2.87. The van der Waals surface area contributed by atoms with E-state index < -0.39 is 0 Å². The zero-order valence-corrected chi connectivity index (χ0v) is 16.3. The van der Waals surface area contributed by atoms with Gasteiger partial charge in [0.05, 0.1) is 0 Å². The molecule has 0 saturated heterocycles. The van der Waals surface area contributed by atoms with Crippen molar-refractivity contribution in [3.63, 3.8) is 0 Å². The molecule has 0 aliphatic carbocycles. The normalized spacial score (nSPS) is 10.2. The fourth-order valence-electron chi connectivity index (χ4n) is 2.87. The van der Waals surface area contributed by atoms with Crippen LogP contribution < -0.4 is 43.1 Å². The Hall–Kier alpha value is -1.78. The maximum atomic E-state index is 2.25. The monoisotopic (exact) mass is 444 g/mol. The van der Waals surface area contributed by atoms with Gasteiger partial charge in [-0.3, -0.25) is 0 Å². The molecule has 0 unspecified atom stereocenters. The highest BCUT2D eigenvalue weighted by atomic mass is 79.9. The van der Waals surface area contributed by atoms with Gasteiger partial charge in [0.2, 0.25) is 13.1 Å². The Kier molecular flexibility index (Phi) is 6.46. The van der Waals surface area contributed by atoms with Crippen LogP contribution in [0.4, 0.5) is 0 Å². The van der Waals surface area contributed by atoms with Crippen LogP contribution in [-0.4, -0.2) is 0 Å². The van der Waals surface area contributed by atoms with Gasteiger partial charge < -0.3 is 34.0 Å². The van der Waals surface area contributed by atoms with Crippen molar-refractivity contribution in [3.05, 3.63) is 85.5 Å². The number of halogens is 2. The molecule has 0 spiro atoms. The molecule has 0 aliphatic heterocycles. The molecular weight excluding hydrogens is 428 g/mol. The van der Waals surface area contributed by atoms with E-state index in [4.69, 9.17) is 0 Å². The Bertz CT molecular complexity index is 875. The number of hydrogen-bond donors (Lipinski definition) is 0. The average molecular weight is 446 g/mol. The van der Waals surface area contributed by atoms with Gasteiger partial charge in [0.15, 0.2) is 24.8 Å². The molecule has 0 fully saturated rings. The molecule has 2 aromatic carbocycles. The quantitative estimate of drug-likeness (QED) is 0.303. The van der Waals surface area contributed by atoms with Gasteiger partial charge in [-0.1, -0.05) is 36.4 Å². The van der Waals surface area contributed by atoms with E-state index in [1.54, 1.807) is 0 Å². The van der Waals surface area contributed by atoms with Crippen LogP contribution >= 0.6 is 0 Å². The predicted octanol–water partition coefficient (Wildman–Crippen LogP) is -2.72. The number of aromatic nitrogens is 2. The summed E-state index contributed by atoms with van der Waals surface area (Å²) in [5.41, 5.74) is 0. The van der Waals surface area contributed by atoms with E-state index in [2.05, 4.69) is 94.6 Å². The van der Waals surface area contributed by atoms with Crippen molar-refractivity contribution in [2.24, 2.45) is 0 Å². The van der Waals surface area contributed by atoms with Gasteiger partial charge in [-0.25, -0.2) is 0 Å². The van der Waals surface area contributed by atoms with Crippen molar-refractivity contribution < 1.29 is 43.1 Å². The third-order valence-electron chi connectivity index (χ3n) is 4.11. The summed E-state index contributed by atoms with van der Waals surface area (Å²) < 4.78 is 4.51. The Morgan fingerprint density at radius 1 is 0.500 bits per heavy atom. The first-order valence-corrected chi connectivity index (χ1v) is 7.64. The van der Waals surface area contributed by atoms with Crippen molar-refractivity contribution in [2.45, 2.75) is 13.1 Å². The Morgan fingerprint density at radius 3 is 1.29 bits per heavy atom. The van der Waals surface area contributed by atoms with E-state index in [1.165, 1.54) is 21.5 Å². The van der Waals surface area contributed by atoms with Gasteiger partial charge in [-0.15, -0.1) is 0 Å². The fraction of sp³-hybridized carbons (Fsp3) is 0.100. The third kappa shape index (κ3) is 4.00. The summed E-state index contributed by atoms with van der Waals surface area (Å²) in [5.74, 6) is 0. The van der Waals surface area contributed by atoms with Crippen LogP contribution in [0.2, 0.25) is 0 Å². The van der Waals surface area contributed by atoms with Crippen LogP contribution in [0.15, 0.2) is 85.5 Å². The van der Waals surface area contributed by atoms with E-state index in [0.29, 0.717) is 0 Å². The molecule has 4 aromatic rings. The molecule has 2 aromatic heterocycles. The smallest absolute Gasteiger partial charge is 0.206 e. The van der Waals surface area contributed by atoms with Crippen LogP contribution in [0, 0.1) is 0 Å². The SMILES string of the molecule is [Br-].[Br-].c1ccc2c[n+](CC[n+]3ccc4ccccc4c3)ccc2c1. The van der Waals surface area contributed by atoms with E-state index >= 15 is 0 Å². The zero-order chi connectivity index (χ0) is 14.8. The molecule has 4 heteroatoms. The highest BCUT2D eigenvalue weighted by Crippen LogP contribution is 2.10. The highest BCUT2D eigenvalue weighted by Gasteiger charge is 2.08. The molecule has 0 atom stereocenters. The summed E-state index contributed by atoms with van der Waals surface area (Å²) in [7, 11) is 0. The summed E-state index contributed by atoms with van der Waals surface area (Å²) in [5, 5.41) is 5.15. The second-order valence-corrected chi connectivity index (χ2v) is 5.62. The van der Waals surface area contributed by atoms with Crippen molar-refractivity contribution in [3.8, 4) is 0 Å². The van der Waals surface area contributed by atoms with Gasteiger partial charge >= 0.3 is 0 Å². The van der Waals surface area contributed by atoms with Gasteiger partial charge in [0.25, 0.3) is 0 Å². The highest BCUT2D eigenvalue weighted by molar-refractivity contribution is 5.80. The summed E-state index contributed by atoms with van der Waals surface area (Å²) in [6.07, 6.45) is 8.75. The Balaban J connectivity index is 0.00000104. The molecule has 122 valence electrons. The molecule has 4 rings (SSSR count). The summed E-state index contributed by atoms with van der Waals surface area (Å²) in [6, 6.07) is 21.3. The maximum absolute atomic E-state index is 2.25. The van der Waals surface area contributed by atoms with Crippen molar-refractivity contribution in [1.82, 2.24) is 0 Å². The second-order valence-electron chi connectivity index (χ2n) is 5.62. The largest absolute Gasteiger partial charge is 1.00 e.